The summed E-state index contributed by atoms with van der Waals surface area (Å²) in [5.41, 5.74) is 1.22. The number of halogens is 2. The standard InChI is InChI=1S/C18H17Cl2N5O3/c19-11-1-2-12(13(20)7-11)14-8-15-22-17(23-25(15)18(28)21-14)10-3-5-24(6-4-10)9-16(26)27/h1-2,7-8,10H,3-6,9H2,(H,21,28)(H,26,27). The quantitative estimate of drug-likeness (QED) is 0.670. The van der Waals surface area contributed by atoms with Gasteiger partial charge in [-0.15, -0.1) is 5.10 Å². The molecule has 146 valence electrons. The first-order chi connectivity index (χ1) is 13.4. The van der Waals surface area contributed by atoms with Crippen molar-refractivity contribution in [3.05, 3.63) is 50.6 Å². The van der Waals surface area contributed by atoms with Crippen LogP contribution in [0, 0.1) is 0 Å². The van der Waals surface area contributed by atoms with Crippen molar-refractivity contribution in [3.8, 4) is 11.3 Å². The molecule has 4 rings (SSSR count). The summed E-state index contributed by atoms with van der Waals surface area (Å²) >= 11 is 12.2. The number of benzene rings is 1. The summed E-state index contributed by atoms with van der Waals surface area (Å²) in [6.45, 7) is 1.36. The highest BCUT2D eigenvalue weighted by molar-refractivity contribution is 6.36. The minimum Gasteiger partial charge on any atom is -0.480 e. The van der Waals surface area contributed by atoms with Crippen molar-refractivity contribution < 1.29 is 9.90 Å². The Balaban J connectivity index is 1.62. The maximum absolute atomic E-state index is 12.5. The van der Waals surface area contributed by atoms with Gasteiger partial charge in [-0.1, -0.05) is 23.2 Å². The number of fused-ring (bicyclic) bond motifs is 1. The van der Waals surface area contributed by atoms with Gasteiger partial charge < -0.3 is 10.1 Å². The van der Waals surface area contributed by atoms with Crippen LogP contribution < -0.4 is 5.69 Å². The Morgan fingerprint density at radius 3 is 2.68 bits per heavy atom. The van der Waals surface area contributed by atoms with Gasteiger partial charge in [0.25, 0.3) is 0 Å². The molecule has 0 atom stereocenters. The molecule has 0 bridgehead atoms. The third-order valence-corrected chi connectivity index (χ3v) is 5.44. The fraction of sp³-hybridized carbons (Fsp3) is 0.333. The van der Waals surface area contributed by atoms with Crippen molar-refractivity contribution in [1.82, 2.24) is 24.5 Å². The molecule has 0 saturated carbocycles. The van der Waals surface area contributed by atoms with Gasteiger partial charge in [0, 0.05) is 22.6 Å². The summed E-state index contributed by atoms with van der Waals surface area (Å²) in [7, 11) is 0. The van der Waals surface area contributed by atoms with Gasteiger partial charge in [-0.2, -0.15) is 4.52 Å². The van der Waals surface area contributed by atoms with E-state index in [2.05, 4.69) is 15.1 Å². The molecule has 0 radical (unpaired) electrons. The highest BCUT2D eigenvalue weighted by Crippen LogP contribution is 2.30. The Bertz CT molecular complexity index is 1100. The largest absolute Gasteiger partial charge is 0.480 e. The van der Waals surface area contributed by atoms with E-state index in [1.807, 2.05) is 4.90 Å². The number of aromatic nitrogens is 4. The summed E-state index contributed by atoms with van der Waals surface area (Å²) in [6.07, 6.45) is 1.50. The predicted octanol–water partition coefficient (Wildman–Crippen LogP) is 2.66. The third kappa shape index (κ3) is 3.76. The number of nitrogens with one attached hydrogen (secondary N) is 1. The Morgan fingerprint density at radius 1 is 1.25 bits per heavy atom. The second-order valence-corrected chi connectivity index (χ2v) is 7.64. The van der Waals surface area contributed by atoms with Crippen LogP contribution in [0.3, 0.4) is 0 Å². The number of hydrogen-bond acceptors (Lipinski definition) is 5. The van der Waals surface area contributed by atoms with Gasteiger partial charge in [0.2, 0.25) is 0 Å². The highest BCUT2D eigenvalue weighted by Gasteiger charge is 2.25. The molecule has 0 spiro atoms. The Kier molecular flexibility index (Phi) is 5.09. The van der Waals surface area contributed by atoms with E-state index in [9.17, 15) is 9.59 Å². The van der Waals surface area contributed by atoms with Gasteiger partial charge in [0.05, 0.1) is 17.3 Å². The second-order valence-electron chi connectivity index (χ2n) is 6.80. The Hall–Kier alpha value is -2.42. The van der Waals surface area contributed by atoms with Gasteiger partial charge in [-0.05, 0) is 44.1 Å². The van der Waals surface area contributed by atoms with Gasteiger partial charge >= 0.3 is 11.7 Å². The molecule has 2 N–H and O–H groups in total. The van der Waals surface area contributed by atoms with Crippen molar-refractivity contribution in [2.45, 2.75) is 18.8 Å². The number of carbonyl (C=O) groups is 1. The zero-order chi connectivity index (χ0) is 19.8. The molecule has 0 amide bonds. The molecule has 3 heterocycles. The lowest BCUT2D eigenvalue weighted by molar-refractivity contribution is -0.138. The lowest BCUT2D eigenvalue weighted by Gasteiger charge is -2.29. The van der Waals surface area contributed by atoms with Gasteiger partial charge in [-0.3, -0.25) is 9.69 Å². The van der Waals surface area contributed by atoms with Crippen LogP contribution in [0.15, 0.2) is 29.1 Å². The van der Waals surface area contributed by atoms with Crippen molar-refractivity contribution >= 4 is 34.8 Å². The molecule has 8 nitrogen and oxygen atoms in total. The first-order valence-electron chi connectivity index (χ1n) is 8.80. The van der Waals surface area contributed by atoms with E-state index >= 15 is 0 Å². The zero-order valence-corrected chi connectivity index (χ0v) is 16.2. The van der Waals surface area contributed by atoms with Crippen LogP contribution >= 0.6 is 23.2 Å². The molecule has 0 aliphatic carbocycles. The summed E-state index contributed by atoms with van der Waals surface area (Å²) in [6, 6.07) is 6.78. The Labute approximate surface area is 169 Å². The van der Waals surface area contributed by atoms with Crippen LogP contribution in [-0.2, 0) is 4.79 Å². The number of carboxylic acid groups (broad SMARTS) is 1. The minimum absolute atomic E-state index is 0.0379. The number of carboxylic acids is 1. The number of aliphatic carboxylic acids is 1. The van der Waals surface area contributed by atoms with Crippen molar-refractivity contribution in [2.75, 3.05) is 19.6 Å². The van der Waals surface area contributed by atoms with Crippen LogP contribution in [0.5, 0.6) is 0 Å². The summed E-state index contributed by atoms with van der Waals surface area (Å²) in [5, 5.41) is 14.2. The van der Waals surface area contributed by atoms with E-state index in [1.54, 1.807) is 24.3 Å². The highest BCUT2D eigenvalue weighted by atomic mass is 35.5. The summed E-state index contributed by atoms with van der Waals surface area (Å²) in [4.78, 5) is 32.5. The first-order valence-corrected chi connectivity index (χ1v) is 9.56. The average Bonchev–Trinajstić information content (AvgIpc) is 3.06. The molecular formula is C18H17Cl2N5O3. The monoisotopic (exact) mass is 421 g/mol. The molecule has 1 aliphatic heterocycles. The predicted molar refractivity (Wildman–Crippen MR) is 105 cm³/mol. The minimum atomic E-state index is -0.829. The van der Waals surface area contributed by atoms with E-state index in [0.29, 0.717) is 45.9 Å². The second kappa shape index (κ2) is 7.54. The summed E-state index contributed by atoms with van der Waals surface area (Å²) < 4.78 is 1.24. The van der Waals surface area contributed by atoms with Crippen molar-refractivity contribution in [1.29, 1.82) is 0 Å². The number of nitrogens with zero attached hydrogens (tertiary/aromatic N) is 4. The van der Waals surface area contributed by atoms with Crippen LogP contribution in [-0.4, -0.2) is 55.2 Å². The van der Waals surface area contributed by atoms with E-state index in [-0.39, 0.29) is 12.5 Å². The van der Waals surface area contributed by atoms with Crippen LogP contribution in [0.1, 0.15) is 24.6 Å². The van der Waals surface area contributed by atoms with Gasteiger partial charge in [0.15, 0.2) is 11.5 Å². The molecule has 1 saturated heterocycles. The zero-order valence-electron chi connectivity index (χ0n) is 14.7. The normalized spacial score (nSPS) is 15.9. The Morgan fingerprint density at radius 2 is 2.00 bits per heavy atom. The van der Waals surface area contributed by atoms with Crippen LogP contribution in [0.25, 0.3) is 16.9 Å². The van der Waals surface area contributed by atoms with E-state index < -0.39 is 11.7 Å². The lowest BCUT2D eigenvalue weighted by atomic mass is 9.96. The molecule has 28 heavy (non-hydrogen) atoms. The molecule has 10 heteroatoms. The van der Waals surface area contributed by atoms with Crippen LogP contribution in [0.4, 0.5) is 0 Å². The van der Waals surface area contributed by atoms with Crippen molar-refractivity contribution in [2.24, 2.45) is 0 Å². The topological polar surface area (TPSA) is 104 Å². The number of H-pyrrole nitrogens is 1. The van der Waals surface area contributed by atoms with E-state index in [4.69, 9.17) is 28.3 Å². The number of hydrogen-bond donors (Lipinski definition) is 2. The number of rotatable bonds is 4. The first kappa shape index (κ1) is 18.9. The maximum atomic E-state index is 12.5. The van der Waals surface area contributed by atoms with E-state index in [0.717, 1.165) is 12.8 Å². The molecular weight excluding hydrogens is 405 g/mol. The fourth-order valence-corrected chi connectivity index (χ4v) is 3.99. The summed E-state index contributed by atoms with van der Waals surface area (Å²) in [5.74, 6) is -0.143. The smallest absolute Gasteiger partial charge is 0.348 e. The van der Waals surface area contributed by atoms with Crippen LogP contribution in [0.2, 0.25) is 10.0 Å². The number of likely N-dealkylation sites (tertiary alicyclic amines) is 1. The molecule has 1 aromatic carbocycles. The number of piperidine rings is 1. The molecule has 0 unspecified atom stereocenters. The lowest BCUT2D eigenvalue weighted by Crippen LogP contribution is -2.36. The molecule has 3 aromatic rings. The van der Waals surface area contributed by atoms with E-state index in [1.165, 1.54) is 4.52 Å². The van der Waals surface area contributed by atoms with Gasteiger partial charge in [-0.25, -0.2) is 9.78 Å². The maximum Gasteiger partial charge on any atom is 0.348 e. The average molecular weight is 422 g/mol. The molecule has 2 aromatic heterocycles. The van der Waals surface area contributed by atoms with Crippen molar-refractivity contribution in [3.63, 3.8) is 0 Å². The molecule has 1 fully saturated rings. The van der Waals surface area contributed by atoms with Gasteiger partial charge in [0.1, 0.15) is 0 Å². The molecule has 1 aliphatic rings. The fourth-order valence-electron chi connectivity index (χ4n) is 3.48. The number of aromatic amines is 1. The SMILES string of the molecule is O=C(O)CN1CCC(c2nc3cc(-c4ccc(Cl)cc4Cl)[nH]c(=O)n3n2)CC1. The third-order valence-electron chi connectivity index (χ3n) is 4.89.